The van der Waals surface area contributed by atoms with Crippen molar-refractivity contribution in [1.29, 1.82) is 0 Å². The number of hydrogen-bond acceptors (Lipinski definition) is 1. The SMILES string of the molecule is C=CC(C(N)=O)C(F)(F)F. The van der Waals surface area contributed by atoms with Gasteiger partial charge in [0.2, 0.25) is 5.91 Å². The van der Waals surface area contributed by atoms with Gasteiger partial charge in [-0.15, -0.1) is 6.58 Å². The molecule has 0 aliphatic carbocycles. The molecule has 1 unspecified atom stereocenters. The summed E-state index contributed by atoms with van der Waals surface area (Å²) in [6.07, 6.45) is -4.13. The van der Waals surface area contributed by atoms with E-state index in [4.69, 9.17) is 0 Å². The second-order valence-electron chi connectivity index (χ2n) is 1.66. The Balaban J connectivity index is 4.36. The molecule has 10 heavy (non-hydrogen) atoms. The molecule has 5 heteroatoms. The molecule has 0 radical (unpaired) electrons. The number of amides is 1. The van der Waals surface area contributed by atoms with E-state index >= 15 is 0 Å². The molecular weight excluding hydrogens is 147 g/mol. The number of hydrogen-bond donors (Lipinski definition) is 1. The van der Waals surface area contributed by atoms with Crippen LogP contribution in [0.5, 0.6) is 0 Å². The van der Waals surface area contributed by atoms with Crippen LogP contribution in [0.1, 0.15) is 0 Å². The van der Waals surface area contributed by atoms with Crippen molar-refractivity contribution >= 4 is 5.91 Å². The number of nitrogens with two attached hydrogens (primary N) is 1. The summed E-state index contributed by atoms with van der Waals surface area (Å²) in [4.78, 5) is 10.0. The summed E-state index contributed by atoms with van der Waals surface area (Å²) < 4.78 is 34.8. The van der Waals surface area contributed by atoms with E-state index in [1.807, 2.05) is 0 Å². The third kappa shape index (κ3) is 2.08. The molecule has 1 amide bonds. The summed E-state index contributed by atoms with van der Waals surface area (Å²) in [7, 11) is 0. The van der Waals surface area contributed by atoms with Crippen molar-refractivity contribution in [3.05, 3.63) is 12.7 Å². The molecule has 0 aliphatic rings. The quantitative estimate of drug-likeness (QED) is 0.587. The lowest BCUT2D eigenvalue weighted by Crippen LogP contribution is -2.33. The Labute approximate surface area is 55.5 Å². The van der Waals surface area contributed by atoms with E-state index in [2.05, 4.69) is 12.3 Å². The van der Waals surface area contributed by atoms with Crippen LogP contribution in [0.4, 0.5) is 13.2 Å². The first-order valence-electron chi connectivity index (χ1n) is 2.38. The maximum atomic E-state index is 11.6. The van der Waals surface area contributed by atoms with Crippen molar-refractivity contribution < 1.29 is 18.0 Å². The summed E-state index contributed by atoms with van der Waals surface area (Å²) in [5.41, 5.74) is 4.40. The Morgan fingerprint density at radius 1 is 1.60 bits per heavy atom. The van der Waals surface area contributed by atoms with Crippen LogP contribution >= 0.6 is 0 Å². The first kappa shape index (κ1) is 9.00. The van der Waals surface area contributed by atoms with Crippen molar-refractivity contribution in [1.82, 2.24) is 0 Å². The highest BCUT2D eigenvalue weighted by molar-refractivity contribution is 5.79. The van der Waals surface area contributed by atoms with Crippen LogP contribution < -0.4 is 5.73 Å². The Morgan fingerprint density at radius 2 is 2.00 bits per heavy atom. The van der Waals surface area contributed by atoms with Gasteiger partial charge in [0, 0.05) is 0 Å². The fraction of sp³-hybridized carbons (Fsp3) is 0.400. The molecule has 0 aromatic carbocycles. The van der Waals surface area contributed by atoms with Crippen molar-refractivity contribution in [2.75, 3.05) is 0 Å². The molecule has 2 nitrogen and oxygen atoms in total. The zero-order chi connectivity index (χ0) is 8.36. The average molecular weight is 153 g/mol. The molecule has 0 saturated heterocycles. The van der Waals surface area contributed by atoms with Gasteiger partial charge in [-0.25, -0.2) is 0 Å². The summed E-state index contributed by atoms with van der Waals surface area (Å²) in [5.74, 6) is -3.66. The maximum Gasteiger partial charge on any atom is 0.403 e. The lowest BCUT2D eigenvalue weighted by atomic mass is 10.1. The Bertz CT molecular complexity index is 151. The number of alkyl halides is 3. The van der Waals surface area contributed by atoms with Crippen molar-refractivity contribution in [3.8, 4) is 0 Å². The van der Waals surface area contributed by atoms with E-state index < -0.39 is 18.0 Å². The van der Waals surface area contributed by atoms with Crippen molar-refractivity contribution in [3.63, 3.8) is 0 Å². The van der Waals surface area contributed by atoms with Gasteiger partial charge < -0.3 is 5.73 Å². The van der Waals surface area contributed by atoms with E-state index in [-0.39, 0.29) is 0 Å². The van der Waals surface area contributed by atoms with Crippen molar-refractivity contribution in [2.45, 2.75) is 6.18 Å². The molecular formula is C5H6F3NO. The van der Waals surface area contributed by atoms with Crippen LogP contribution in [-0.4, -0.2) is 12.1 Å². The number of primary amides is 1. The van der Waals surface area contributed by atoms with Gasteiger partial charge >= 0.3 is 6.18 Å². The number of halogens is 3. The minimum Gasteiger partial charge on any atom is -0.369 e. The van der Waals surface area contributed by atoms with Gasteiger partial charge in [0.05, 0.1) is 0 Å². The molecule has 0 spiro atoms. The third-order valence-corrected chi connectivity index (χ3v) is 0.895. The number of carbonyl (C=O) groups is 1. The van der Waals surface area contributed by atoms with Crippen LogP contribution in [-0.2, 0) is 4.79 Å². The highest BCUT2D eigenvalue weighted by Gasteiger charge is 2.41. The van der Waals surface area contributed by atoms with E-state index in [0.717, 1.165) is 0 Å². The summed E-state index contributed by atoms with van der Waals surface area (Å²) in [6, 6.07) is 0. The third-order valence-electron chi connectivity index (χ3n) is 0.895. The Hall–Kier alpha value is -1.00. The summed E-state index contributed by atoms with van der Waals surface area (Å²) in [6.45, 7) is 2.83. The van der Waals surface area contributed by atoms with Gasteiger partial charge in [-0.2, -0.15) is 13.2 Å². The minimum absolute atomic E-state index is 0.475. The largest absolute Gasteiger partial charge is 0.403 e. The predicted molar refractivity (Wildman–Crippen MR) is 28.9 cm³/mol. The molecule has 0 fully saturated rings. The van der Waals surface area contributed by atoms with E-state index in [1.54, 1.807) is 0 Å². The van der Waals surface area contributed by atoms with Gasteiger partial charge in [-0.1, -0.05) is 6.08 Å². The molecule has 58 valence electrons. The molecule has 0 saturated carbocycles. The second-order valence-corrected chi connectivity index (χ2v) is 1.66. The first-order chi connectivity index (χ1) is 4.39. The van der Waals surface area contributed by atoms with Crippen LogP contribution in [0, 0.1) is 5.92 Å². The number of rotatable bonds is 2. The summed E-state index contributed by atoms with van der Waals surface area (Å²) >= 11 is 0. The smallest absolute Gasteiger partial charge is 0.369 e. The topological polar surface area (TPSA) is 43.1 Å². The van der Waals surface area contributed by atoms with Crippen LogP contribution in [0.2, 0.25) is 0 Å². The van der Waals surface area contributed by atoms with Gasteiger partial charge in [0.15, 0.2) is 5.92 Å². The van der Waals surface area contributed by atoms with Gasteiger partial charge in [0.1, 0.15) is 0 Å². The number of carbonyl (C=O) groups excluding carboxylic acids is 1. The van der Waals surface area contributed by atoms with Crippen LogP contribution in [0.25, 0.3) is 0 Å². The normalized spacial score (nSPS) is 14.3. The first-order valence-corrected chi connectivity index (χ1v) is 2.38. The zero-order valence-corrected chi connectivity index (χ0v) is 4.98. The monoisotopic (exact) mass is 153 g/mol. The highest BCUT2D eigenvalue weighted by atomic mass is 19.4. The molecule has 0 aliphatic heterocycles. The minimum atomic E-state index is -4.60. The zero-order valence-electron chi connectivity index (χ0n) is 4.98. The molecule has 1 atom stereocenters. The van der Waals surface area contributed by atoms with E-state index in [0.29, 0.717) is 6.08 Å². The molecule has 0 aromatic heterocycles. The maximum absolute atomic E-state index is 11.6. The van der Waals surface area contributed by atoms with Crippen LogP contribution in [0.3, 0.4) is 0 Å². The second kappa shape index (κ2) is 2.72. The standard InChI is InChI=1S/C5H6F3NO/c1-2-3(4(9)10)5(6,7)8/h2-3H,1H2,(H2,9,10). The van der Waals surface area contributed by atoms with E-state index in [1.165, 1.54) is 0 Å². The molecule has 0 bridgehead atoms. The molecule has 2 N–H and O–H groups in total. The Kier molecular flexibility index (Phi) is 2.45. The average Bonchev–Trinajstić information content (AvgIpc) is 1.60. The predicted octanol–water partition coefficient (Wildman–Crippen LogP) is 0.836. The highest BCUT2D eigenvalue weighted by Crippen LogP contribution is 2.26. The van der Waals surface area contributed by atoms with Gasteiger partial charge in [0.25, 0.3) is 0 Å². The summed E-state index contributed by atoms with van der Waals surface area (Å²) in [5, 5.41) is 0. The Morgan fingerprint density at radius 3 is 2.00 bits per heavy atom. The fourth-order valence-electron chi connectivity index (χ4n) is 0.411. The van der Waals surface area contributed by atoms with Gasteiger partial charge in [-0.05, 0) is 0 Å². The fourth-order valence-corrected chi connectivity index (χ4v) is 0.411. The van der Waals surface area contributed by atoms with Gasteiger partial charge in [-0.3, -0.25) is 4.79 Å². The van der Waals surface area contributed by atoms with Crippen molar-refractivity contribution in [2.24, 2.45) is 11.7 Å². The lowest BCUT2D eigenvalue weighted by Gasteiger charge is -2.11. The van der Waals surface area contributed by atoms with Crippen LogP contribution in [0.15, 0.2) is 12.7 Å². The molecule has 0 heterocycles. The molecule has 0 aromatic rings. The lowest BCUT2D eigenvalue weighted by molar-refractivity contribution is -0.170. The molecule has 0 rings (SSSR count). The van der Waals surface area contributed by atoms with E-state index in [9.17, 15) is 18.0 Å².